The zero-order valence-corrected chi connectivity index (χ0v) is 13.6. The Kier molecular flexibility index (Phi) is 4.13. The van der Waals surface area contributed by atoms with Gasteiger partial charge in [-0.25, -0.2) is 4.79 Å². The molecule has 1 unspecified atom stereocenters. The predicted octanol–water partition coefficient (Wildman–Crippen LogP) is 4.54. The molecule has 0 aliphatic carbocycles. The van der Waals surface area contributed by atoms with E-state index in [4.69, 9.17) is 9.52 Å². The zero-order valence-electron chi connectivity index (χ0n) is 12.8. The lowest BCUT2D eigenvalue weighted by atomic mass is 10.1. The number of carbonyl (C=O) groups is 1. The summed E-state index contributed by atoms with van der Waals surface area (Å²) in [6.07, 6.45) is 1.06. The average Bonchev–Trinajstić information content (AvgIpc) is 2.54. The number of carboxylic acids is 1. The van der Waals surface area contributed by atoms with E-state index in [1.54, 1.807) is 17.8 Å². The summed E-state index contributed by atoms with van der Waals surface area (Å²) in [5.74, 6) is -1.06. The Morgan fingerprint density at radius 2 is 1.96 bits per heavy atom. The minimum Gasteiger partial charge on any atom is -0.478 e. The van der Waals surface area contributed by atoms with Gasteiger partial charge in [0.2, 0.25) is 5.43 Å². The first-order valence-electron chi connectivity index (χ1n) is 7.40. The number of benzene rings is 2. The van der Waals surface area contributed by atoms with Crippen molar-refractivity contribution in [3.05, 3.63) is 52.2 Å². The molecular formula is C18H16O4S. The third-order valence-corrected chi connectivity index (χ3v) is 5.06. The van der Waals surface area contributed by atoms with E-state index in [9.17, 15) is 9.59 Å². The van der Waals surface area contributed by atoms with Gasteiger partial charge in [0, 0.05) is 10.1 Å². The smallest absolute Gasteiger partial charge is 0.335 e. The maximum atomic E-state index is 12.6. The SMILES string of the molecule is CCC(C)Sc1ccc2c(=O)c3cc(C(=O)O)ccc3oc2c1. The Labute approximate surface area is 137 Å². The molecule has 4 nitrogen and oxygen atoms in total. The van der Waals surface area contributed by atoms with Crippen molar-refractivity contribution >= 4 is 39.7 Å². The van der Waals surface area contributed by atoms with E-state index < -0.39 is 5.97 Å². The van der Waals surface area contributed by atoms with Gasteiger partial charge in [-0.1, -0.05) is 13.8 Å². The van der Waals surface area contributed by atoms with E-state index in [1.165, 1.54) is 18.2 Å². The van der Waals surface area contributed by atoms with Crippen LogP contribution in [0.3, 0.4) is 0 Å². The number of thioether (sulfide) groups is 1. The van der Waals surface area contributed by atoms with Gasteiger partial charge in [0.15, 0.2) is 0 Å². The Balaban J connectivity index is 2.19. The van der Waals surface area contributed by atoms with Gasteiger partial charge in [-0.3, -0.25) is 4.79 Å². The Morgan fingerprint density at radius 1 is 1.17 bits per heavy atom. The second kappa shape index (κ2) is 6.08. The number of rotatable bonds is 4. The molecule has 1 atom stereocenters. The highest BCUT2D eigenvalue weighted by molar-refractivity contribution is 7.99. The van der Waals surface area contributed by atoms with E-state index in [0.29, 0.717) is 27.2 Å². The van der Waals surface area contributed by atoms with Crippen molar-refractivity contribution in [2.24, 2.45) is 0 Å². The molecule has 1 N–H and O–H groups in total. The van der Waals surface area contributed by atoms with Crippen molar-refractivity contribution in [2.45, 2.75) is 30.4 Å². The first-order valence-corrected chi connectivity index (χ1v) is 8.28. The topological polar surface area (TPSA) is 67.5 Å². The van der Waals surface area contributed by atoms with Crippen molar-refractivity contribution in [1.82, 2.24) is 0 Å². The summed E-state index contributed by atoms with van der Waals surface area (Å²) >= 11 is 1.74. The summed E-state index contributed by atoms with van der Waals surface area (Å²) in [7, 11) is 0. The first kappa shape index (κ1) is 15.6. The largest absolute Gasteiger partial charge is 0.478 e. The first-order chi connectivity index (χ1) is 11.0. The molecule has 0 aliphatic heterocycles. The molecule has 0 fully saturated rings. The van der Waals surface area contributed by atoms with Gasteiger partial charge in [0.05, 0.1) is 16.3 Å². The lowest BCUT2D eigenvalue weighted by Gasteiger charge is -2.09. The molecule has 1 aromatic heterocycles. The van der Waals surface area contributed by atoms with Crippen molar-refractivity contribution in [3.8, 4) is 0 Å². The summed E-state index contributed by atoms with van der Waals surface area (Å²) < 4.78 is 5.81. The normalized spacial score (nSPS) is 12.6. The lowest BCUT2D eigenvalue weighted by molar-refractivity contribution is 0.0697. The number of hydrogen-bond acceptors (Lipinski definition) is 4. The number of fused-ring (bicyclic) bond motifs is 2. The van der Waals surface area contributed by atoms with Gasteiger partial charge in [0.25, 0.3) is 0 Å². The molecule has 0 saturated heterocycles. The quantitative estimate of drug-likeness (QED) is 0.563. The third-order valence-electron chi connectivity index (χ3n) is 3.80. The highest BCUT2D eigenvalue weighted by Crippen LogP contribution is 2.28. The van der Waals surface area contributed by atoms with Gasteiger partial charge in [0.1, 0.15) is 11.2 Å². The van der Waals surface area contributed by atoms with Gasteiger partial charge < -0.3 is 9.52 Å². The van der Waals surface area contributed by atoms with Crippen LogP contribution in [-0.4, -0.2) is 16.3 Å². The average molecular weight is 328 g/mol. The Morgan fingerprint density at radius 3 is 2.65 bits per heavy atom. The Hall–Kier alpha value is -2.27. The van der Waals surface area contributed by atoms with Crippen molar-refractivity contribution in [1.29, 1.82) is 0 Å². The molecule has 23 heavy (non-hydrogen) atoms. The highest BCUT2D eigenvalue weighted by atomic mass is 32.2. The second-order valence-corrected chi connectivity index (χ2v) is 6.95. The van der Waals surface area contributed by atoms with E-state index >= 15 is 0 Å². The second-order valence-electron chi connectivity index (χ2n) is 5.44. The summed E-state index contributed by atoms with van der Waals surface area (Å²) in [5.41, 5.74) is 0.801. The molecule has 0 bridgehead atoms. The molecule has 0 saturated carbocycles. The molecule has 1 heterocycles. The number of hydrogen-bond donors (Lipinski definition) is 1. The summed E-state index contributed by atoms with van der Waals surface area (Å²) in [4.78, 5) is 24.7. The molecule has 118 valence electrons. The standard InChI is InChI=1S/C18H16O4S/c1-3-10(2)23-12-5-6-13-16(9-12)22-15-7-4-11(18(20)21)8-14(15)17(13)19/h4-10H,3H2,1-2H3,(H,20,21). The van der Waals surface area contributed by atoms with Gasteiger partial charge in [-0.05, 0) is 42.8 Å². The summed E-state index contributed by atoms with van der Waals surface area (Å²) in [6, 6.07) is 9.87. The van der Waals surface area contributed by atoms with Gasteiger partial charge in [-0.15, -0.1) is 11.8 Å². The van der Waals surface area contributed by atoms with E-state index in [0.717, 1.165) is 11.3 Å². The monoisotopic (exact) mass is 328 g/mol. The number of carboxylic acid groups (broad SMARTS) is 1. The summed E-state index contributed by atoms with van der Waals surface area (Å²) in [6.45, 7) is 4.28. The van der Waals surface area contributed by atoms with Gasteiger partial charge in [-0.2, -0.15) is 0 Å². The van der Waals surface area contributed by atoms with Crippen LogP contribution in [0.2, 0.25) is 0 Å². The maximum absolute atomic E-state index is 12.6. The third kappa shape index (κ3) is 2.97. The van der Waals surface area contributed by atoms with Crippen molar-refractivity contribution in [2.75, 3.05) is 0 Å². The molecule has 0 spiro atoms. The van der Waals surface area contributed by atoms with Crippen LogP contribution >= 0.6 is 11.8 Å². The fourth-order valence-corrected chi connectivity index (χ4v) is 3.31. The molecule has 5 heteroatoms. The molecule has 2 aromatic carbocycles. The lowest BCUT2D eigenvalue weighted by Crippen LogP contribution is -2.04. The fraction of sp³-hybridized carbons (Fsp3) is 0.222. The van der Waals surface area contributed by atoms with Crippen LogP contribution in [0.5, 0.6) is 0 Å². The molecule has 0 radical (unpaired) electrons. The minimum atomic E-state index is -1.06. The molecule has 3 aromatic rings. The van der Waals surface area contributed by atoms with Crippen LogP contribution in [0.25, 0.3) is 21.9 Å². The molecule has 0 amide bonds. The zero-order chi connectivity index (χ0) is 16.6. The fourth-order valence-electron chi connectivity index (χ4n) is 2.36. The van der Waals surface area contributed by atoms with Crippen molar-refractivity contribution in [3.63, 3.8) is 0 Å². The predicted molar refractivity (Wildman–Crippen MR) is 92.6 cm³/mol. The van der Waals surface area contributed by atoms with Crippen LogP contribution in [0, 0.1) is 0 Å². The van der Waals surface area contributed by atoms with Crippen molar-refractivity contribution < 1.29 is 14.3 Å². The van der Waals surface area contributed by atoms with E-state index in [2.05, 4.69) is 13.8 Å². The van der Waals surface area contributed by atoms with E-state index in [-0.39, 0.29) is 11.0 Å². The van der Waals surface area contributed by atoms with Crippen LogP contribution in [0.1, 0.15) is 30.6 Å². The Bertz CT molecular complexity index is 958. The van der Waals surface area contributed by atoms with Crippen LogP contribution in [0.15, 0.2) is 50.5 Å². The van der Waals surface area contributed by atoms with Crippen LogP contribution in [-0.2, 0) is 0 Å². The molecule has 0 aliphatic rings. The number of aromatic carboxylic acids is 1. The van der Waals surface area contributed by atoms with Gasteiger partial charge >= 0.3 is 5.97 Å². The minimum absolute atomic E-state index is 0.0769. The highest BCUT2D eigenvalue weighted by Gasteiger charge is 2.12. The molecular weight excluding hydrogens is 312 g/mol. The van der Waals surface area contributed by atoms with Crippen LogP contribution < -0.4 is 5.43 Å². The van der Waals surface area contributed by atoms with E-state index in [1.807, 2.05) is 12.1 Å². The molecule has 3 rings (SSSR count). The van der Waals surface area contributed by atoms with Crippen LogP contribution in [0.4, 0.5) is 0 Å². The maximum Gasteiger partial charge on any atom is 0.335 e. The summed E-state index contributed by atoms with van der Waals surface area (Å²) in [5, 5.41) is 10.3.